The van der Waals surface area contributed by atoms with Crippen molar-refractivity contribution >= 4 is 45.2 Å². The Morgan fingerprint density at radius 1 is 0.914 bits per heavy atom. The van der Waals surface area contributed by atoms with Gasteiger partial charge in [0.05, 0.1) is 20.6 Å². The second-order valence-electron chi connectivity index (χ2n) is 7.88. The number of rotatable bonds is 7. The Morgan fingerprint density at radius 3 is 2.34 bits per heavy atom. The van der Waals surface area contributed by atoms with Crippen molar-refractivity contribution in [2.45, 2.75) is 24.3 Å². The molecular formula is C24H21Cl2FN5O2S+. The quantitative estimate of drug-likeness (QED) is 0.269. The van der Waals surface area contributed by atoms with Crippen LogP contribution in [0.1, 0.15) is 16.8 Å². The van der Waals surface area contributed by atoms with Gasteiger partial charge in [0.1, 0.15) is 5.82 Å². The molecule has 0 radical (unpaired) electrons. The zero-order chi connectivity index (χ0) is 25.2. The molecule has 4 rings (SSSR count). The van der Waals surface area contributed by atoms with Gasteiger partial charge in [-0.25, -0.2) is 9.55 Å². The molecule has 4 aromatic rings. The molecule has 11 heteroatoms. The average molecular weight is 533 g/mol. The fourth-order valence-corrected chi connectivity index (χ4v) is 4.51. The van der Waals surface area contributed by atoms with Crippen LogP contribution in [-0.2, 0) is 29.6 Å². The number of nitrogen functional groups attached to an aromatic ring is 2. The fourth-order valence-electron chi connectivity index (χ4n) is 3.75. The second-order valence-corrected chi connectivity index (χ2v) is 10.0. The van der Waals surface area contributed by atoms with E-state index in [0.717, 1.165) is 16.7 Å². The van der Waals surface area contributed by atoms with E-state index in [4.69, 9.17) is 34.7 Å². The number of nitrogens with zero attached hydrogens (tertiary/aromatic N) is 3. The SMILES string of the molecule is Nc1nc(N)c(-c2ccc(Cl)c(Cl)c2)c(CCc2ccc[n+](Cc3ccc(S(=O)(=O)F)cc3)c2)n1. The molecule has 0 atom stereocenters. The number of hydrogen-bond acceptors (Lipinski definition) is 6. The minimum atomic E-state index is -4.72. The highest BCUT2D eigenvalue weighted by atomic mass is 35.5. The third-order valence-electron chi connectivity index (χ3n) is 5.38. The molecule has 0 aliphatic carbocycles. The first-order valence-corrected chi connectivity index (χ1v) is 12.6. The molecule has 0 aliphatic rings. The number of hydrogen-bond donors (Lipinski definition) is 2. The lowest BCUT2D eigenvalue weighted by molar-refractivity contribution is -0.688. The summed E-state index contributed by atoms with van der Waals surface area (Å²) in [5.41, 5.74) is 16.0. The molecule has 4 N–H and O–H groups in total. The maximum Gasteiger partial charge on any atom is 0.332 e. The largest absolute Gasteiger partial charge is 0.383 e. The highest BCUT2D eigenvalue weighted by molar-refractivity contribution is 7.86. The second kappa shape index (κ2) is 10.2. The van der Waals surface area contributed by atoms with Crippen molar-refractivity contribution in [3.8, 4) is 11.1 Å². The Bertz CT molecular complexity index is 1500. The van der Waals surface area contributed by atoms with Gasteiger partial charge >= 0.3 is 10.2 Å². The number of pyridine rings is 1. The maximum atomic E-state index is 13.1. The molecule has 0 saturated carbocycles. The van der Waals surface area contributed by atoms with Gasteiger partial charge in [0.2, 0.25) is 5.95 Å². The van der Waals surface area contributed by atoms with E-state index in [2.05, 4.69) is 9.97 Å². The van der Waals surface area contributed by atoms with E-state index in [1.54, 1.807) is 30.3 Å². The van der Waals surface area contributed by atoms with Gasteiger partial charge in [-0.15, -0.1) is 3.89 Å². The van der Waals surface area contributed by atoms with Gasteiger partial charge in [-0.1, -0.05) is 41.4 Å². The van der Waals surface area contributed by atoms with Gasteiger partial charge < -0.3 is 11.5 Å². The molecule has 0 bridgehead atoms. The number of benzene rings is 2. The molecule has 2 heterocycles. The molecule has 180 valence electrons. The number of nitrogens with two attached hydrogens (primary N) is 2. The maximum absolute atomic E-state index is 13.1. The Morgan fingerprint density at radius 2 is 1.66 bits per heavy atom. The molecule has 0 amide bonds. The van der Waals surface area contributed by atoms with Gasteiger partial charge in [-0.2, -0.15) is 13.4 Å². The van der Waals surface area contributed by atoms with Crippen molar-refractivity contribution in [1.29, 1.82) is 0 Å². The van der Waals surface area contributed by atoms with Gasteiger partial charge in [0.25, 0.3) is 0 Å². The van der Waals surface area contributed by atoms with E-state index in [1.165, 1.54) is 12.1 Å². The lowest BCUT2D eigenvalue weighted by Crippen LogP contribution is -2.33. The fraction of sp³-hybridized carbons (Fsp3) is 0.125. The first kappa shape index (κ1) is 24.8. The van der Waals surface area contributed by atoms with Gasteiger partial charge in [0.15, 0.2) is 18.9 Å². The van der Waals surface area contributed by atoms with Crippen LogP contribution in [-0.4, -0.2) is 18.4 Å². The summed E-state index contributed by atoms with van der Waals surface area (Å²) in [6.45, 7) is 0.488. The Hall–Kier alpha value is -3.27. The molecule has 0 fully saturated rings. The van der Waals surface area contributed by atoms with Crippen LogP contribution in [0.5, 0.6) is 0 Å². The third kappa shape index (κ3) is 6.05. The van der Waals surface area contributed by atoms with Crippen LogP contribution in [0, 0.1) is 0 Å². The van der Waals surface area contributed by atoms with E-state index < -0.39 is 10.2 Å². The van der Waals surface area contributed by atoms with Crippen LogP contribution in [0.15, 0.2) is 71.9 Å². The van der Waals surface area contributed by atoms with Gasteiger partial charge in [-0.3, -0.25) is 0 Å². The standard InChI is InChI=1S/C24H21Cl2FN5O2S/c25-19-9-6-17(12-20(19)26)22-21(30-24(29)31-23(22)28)10-5-15-2-1-11-32(13-15)14-16-3-7-18(8-4-16)35(27,33)34/h1-4,6-9,11-13H,5,10,14H2,(H4,28,29,30,31)/q+1. The molecule has 0 aliphatic heterocycles. The summed E-state index contributed by atoms with van der Waals surface area (Å²) in [6, 6.07) is 14.8. The molecule has 2 aromatic carbocycles. The summed E-state index contributed by atoms with van der Waals surface area (Å²) >= 11 is 12.3. The average Bonchev–Trinajstić information content (AvgIpc) is 2.79. The molecular weight excluding hydrogens is 512 g/mol. The zero-order valence-corrected chi connectivity index (χ0v) is 20.7. The van der Waals surface area contributed by atoms with Crippen LogP contribution in [0.4, 0.5) is 15.7 Å². The topological polar surface area (TPSA) is 116 Å². The van der Waals surface area contributed by atoms with Crippen molar-refractivity contribution < 1.29 is 16.9 Å². The summed E-state index contributed by atoms with van der Waals surface area (Å²) in [5.74, 6) is 0.343. The summed E-state index contributed by atoms with van der Waals surface area (Å²) in [6.07, 6.45) is 5.06. The highest BCUT2D eigenvalue weighted by Crippen LogP contribution is 2.33. The van der Waals surface area contributed by atoms with Gasteiger partial charge in [-0.05, 0) is 48.7 Å². The minimum Gasteiger partial charge on any atom is -0.383 e. The monoisotopic (exact) mass is 532 g/mol. The summed E-state index contributed by atoms with van der Waals surface area (Å²) in [5, 5.41) is 0.828. The van der Waals surface area contributed by atoms with E-state index in [9.17, 15) is 12.3 Å². The number of aromatic nitrogens is 3. The lowest BCUT2D eigenvalue weighted by atomic mass is 10.00. The van der Waals surface area contributed by atoms with Crippen LogP contribution < -0.4 is 16.0 Å². The van der Waals surface area contributed by atoms with Gasteiger partial charge in [0, 0.05) is 22.8 Å². The smallest absolute Gasteiger partial charge is 0.332 e. The number of halogens is 3. The van der Waals surface area contributed by atoms with E-state index in [0.29, 0.717) is 40.7 Å². The Labute approximate surface area is 212 Å². The molecule has 0 spiro atoms. The summed E-state index contributed by atoms with van der Waals surface area (Å²) < 4.78 is 37.1. The minimum absolute atomic E-state index is 0.0863. The molecule has 0 unspecified atom stereocenters. The summed E-state index contributed by atoms with van der Waals surface area (Å²) in [7, 11) is -4.72. The van der Waals surface area contributed by atoms with Crippen molar-refractivity contribution in [2.24, 2.45) is 0 Å². The number of aryl methyl sites for hydroxylation is 2. The highest BCUT2D eigenvalue weighted by Gasteiger charge is 2.16. The lowest BCUT2D eigenvalue weighted by Gasteiger charge is -2.13. The third-order valence-corrected chi connectivity index (χ3v) is 6.95. The predicted molar refractivity (Wildman–Crippen MR) is 134 cm³/mol. The van der Waals surface area contributed by atoms with Crippen LogP contribution >= 0.6 is 23.2 Å². The van der Waals surface area contributed by atoms with Crippen LogP contribution in [0.2, 0.25) is 10.0 Å². The normalized spacial score (nSPS) is 11.5. The number of anilines is 2. The van der Waals surface area contributed by atoms with E-state index in [-0.39, 0.29) is 16.7 Å². The van der Waals surface area contributed by atoms with Crippen molar-refractivity contribution in [3.63, 3.8) is 0 Å². The first-order valence-electron chi connectivity index (χ1n) is 10.5. The Kier molecular flexibility index (Phi) is 7.20. The first-order chi connectivity index (χ1) is 16.6. The van der Waals surface area contributed by atoms with E-state index >= 15 is 0 Å². The zero-order valence-electron chi connectivity index (χ0n) is 18.3. The van der Waals surface area contributed by atoms with E-state index in [1.807, 2.05) is 29.1 Å². The van der Waals surface area contributed by atoms with Crippen LogP contribution in [0.25, 0.3) is 11.1 Å². The Balaban J connectivity index is 1.54. The van der Waals surface area contributed by atoms with Crippen molar-refractivity contribution in [1.82, 2.24) is 9.97 Å². The summed E-state index contributed by atoms with van der Waals surface area (Å²) in [4.78, 5) is 8.16. The molecule has 0 saturated heterocycles. The molecule has 35 heavy (non-hydrogen) atoms. The van der Waals surface area contributed by atoms with Crippen LogP contribution in [0.3, 0.4) is 0 Å². The molecule has 2 aromatic heterocycles. The van der Waals surface area contributed by atoms with Crippen molar-refractivity contribution in [3.05, 3.63) is 93.9 Å². The predicted octanol–water partition coefficient (Wildman–Crippen LogP) is 4.39. The van der Waals surface area contributed by atoms with Crippen molar-refractivity contribution in [2.75, 3.05) is 11.5 Å². The molecule has 7 nitrogen and oxygen atoms in total.